The van der Waals surface area contributed by atoms with Crippen LogP contribution in [0, 0.1) is 12.7 Å². The zero-order chi connectivity index (χ0) is 27.2. The van der Waals surface area contributed by atoms with E-state index in [1.165, 1.54) is 40.4 Å². The number of rotatable bonds is 6. The molecule has 2 aliphatic rings. The number of carbonyl (C=O) groups excluding carboxylic acids is 3. The van der Waals surface area contributed by atoms with E-state index in [9.17, 15) is 23.6 Å². The Bertz CT molecular complexity index is 1470. The van der Waals surface area contributed by atoms with E-state index in [1.807, 2.05) is 6.07 Å². The Morgan fingerprint density at radius 1 is 1.13 bits per heavy atom. The number of anilines is 1. The Balaban J connectivity index is 1.31. The number of nitrogens with one attached hydrogen (secondary N) is 1. The van der Waals surface area contributed by atoms with E-state index in [4.69, 9.17) is 4.74 Å². The molecule has 1 N–H and O–H groups in total. The van der Waals surface area contributed by atoms with E-state index in [0.29, 0.717) is 17.8 Å². The molecule has 38 heavy (non-hydrogen) atoms. The van der Waals surface area contributed by atoms with Crippen LogP contribution in [0.4, 0.5) is 10.1 Å². The maximum atomic E-state index is 13.5. The fourth-order valence-corrected chi connectivity index (χ4v) is 6.71. The highest BCUT2D eigenvalue weighted by molar-refractivity contribution is 8.00. The number of hydrogen-bond donors (Lipinski definition) is 1. The summed E-state index contributed by atoms with van der Waals surface area (Å²) in [6, 6.07) is 14.0. The third-order valence-corrected chi connectivity index (χ3v) is 8.76. The predicted octanol–water partition coefficient (Wildman–Crippen LogP) is 3.08. The van der Waals surface area contributed by atoms with Gasteiger partial charge in [0.1, 0.15) is 22.4 Å². The monoisotopic (exact) mass is 538 g/mol. The number of thioether (sulfide) groups is 1. The maximum Gasteiger partial charge on any atom is 0.330 e. The zero-order valence-corrected chi connectivity index (χ0v) is 22.0. The third-order valence-electron chi connectivity index (χ3n) is 7.16. The fourth-order valence-electron chi connectivity index (χ4n) is 5.07. The second kappa shape index (κ2) is 9.79. The van der Waals surface area contributed by atoms with Gasteiger partial charge in [0, 0.05) is 19.2 Å². The number of halogens is 1. The van der Waals surface area contributed by atoms with Gasteiger partial charge in [-0.05, 0) is 50.1 Å². The van der Waals surface area contributed by atoms with Crippen LogP contribution in [0.15, 0.2) is 59.4 Å². The molecule has 2 saturated heterocycles. The summed E-state index contributed by atoms with van der Waals surface area (Å²) in [5.74, 6) is -1.65. The lowest BCUT2D eigenvalue weighted by Gasteiger charge is -2.33. The molecule has 3 aromatic rings. The van der Waals surface area contributed by atoms with Crippen molar-refractivity contribution >= 4 is 35.2 Å². The number of fused-ring (bicyclic) bond motifs is 1. The molecule has 2 aliphatic heterocycles. The Hall–Kier alpha value is -3.86. The molecule has 5 rings (SSSR count). The molecule has 9 nitrogen and oxygen atoms in total. The highest BCUT2D eigenvalue weighted by Crippen LogP contribution is 2.54. The minimum absolute atomic E-state index is 0.0886. The van der Waals surface area contributed by atoms with Crippen molar-refractivity contribution in [3.63, 3.8) is 0 Å². The third kappa shape index (κ3) is 4.20. The SMILES string of the molecule is Cc1c(NC(=O)[C@@H](C)OC(=O)[C@H]2CS[C@@]3(c4ccc(F)cc4)CCC(=O)N23)c(=O)n(-c2ccccc2)n1C. The molecular weight excluding hydrogens is 511 g/mol. The van der Waals surface area contributed by atoms with Gasteiger partial charge < -0.3 is 15.0 Å². The number of amides is 2. The van der Waals surface area contributed by atoms with Crippen molar-refractivity contribution in [1.29, 1.82) is 0 Å². The molecule has 11 heteroatoms. The second-order valence-corrected chi connectivity index (χ2v) is 10.7. The molecule has 3 heterocycles. The lowest BCUT2D eigenvalue weighted by atomic mass is 10.0. The van der Waals surface area contributed by atoms with E-state index in [0.717, 1.165) is 5.56 Å². The first-order valence-electron chi connectivity index (χ1n) is 12.2. The molecule has 0 spiro atoms. The summed E-state index contributed by atoms with van der Waals surface area (Å²) < 4.78 is 22.1. The van der Waals surface area contributed by atoms with Crippen LogP contribution in [0.25, 0.3) is 5.69 Å². The van der Waals surface area contributed by atoms with Gasteiger partial charge in [-0.2, -0.15) is 0 Å². The van der Waals surface area contributed by atoms with E-state index < -0.39 is 34.5 Å². The minimum Gasteiger partial charge on any atom is -0.451 e. The fraction of sp³-hybridized carbons (Fsp3) is 0.333. The lowest BCUT2D eigenvalue weighted by Crippen LogP contribution is -2.48. The van der Waals surface area contributed by atoms with Gasteiger partial charge in [0.2, 0.25) is 5.91 Å². The van der Waals surface area contributed by atoms with Crippen LogP contribution in [0.3, 0.4) is 0 Å². The van der Waals surface area contributed by atoms with E-state index in [-0.39, 0.29) is 29.6 Å². The van der Waals surface area contributed by atoms with Gasteiger partial charge >= 0.3 is 5.97 Å². The quantitative estimate of drug-likeness (QED) is 0.484. The molecule has 0 bridgehead atoms. The van der Waals surface area contributed by atoms with Crippen LogP contribution in [0.1, 0.15) is 31.0 Å². The first-order valence-corrected chi connectivity index (χ1v) is 13.2. The molecule has 2 fully saturated rings. The zero-order valence-electron chi connectivity index (χ0n) is 21.1. The number of benzene rings is 2. The highest BCUT2D eigenvalue weighted by Gasteiger charge is 2.57. The lowest BCUT2D eigenvalue weighted by molar-refractivity contribution is -0.160. The number of esters is 1. The van der Waals surface area contributed by atoms with Crippen LogP contribution in [0.2, 0.25) is 0 Å². The summed E-state index contributed by atoms with van der Waals surface area (Å²) in [5, 5.41) is 2.61. The van der Waals surface area contributed by atoms with Gasteiger partial charge in [-0.3, -0.25) is 19.1 Å². The van der Waals surface area contributed by atoms with Crippen molar-refractivity contribution < 1.29 is 23.5 Å². The second-order valence-electron chi connectivity index (χ2n) is 9.39. The van der Waals surface area contributed by atoms with Crippen molar-refractivity contribution in [2.75, 3.05) is 11.1 Å². The molecule has 2 amide bonds. The number of carbonyl (C=O) groups is 3. The van der Waals surface area contributed by atoms with Gasteiger partial charge in [0.05, 0.1) is 11.4 Å². The standard InChI is InChI=1S/C27H27FN4O5S/c1-16-23(25(35)32(30(16)3)20-7-5-4-6-8-20)29-24(34)17(2)37-26(36)21-15-38-27(14-13-22(33)31(21)27)18-9-11-19(28)12-10-18/h4-12,17,21H,13-15H2,1-3H3,(H,29,34)/t17-,21-,27-/m1/s1. The summed E-state index contributed by atoms with van der Waals surface area (Å²) in [6.45, 7) is 3.12. The molecule has 2 aromatic carbocycles. The van der Waals surface area contributed by atoms with Crippen molar-refractivity contribution in [3.8, 4) is 5.69 Å². The van der Waals surface area contributed by atoms with Crippen LogP contribution < -0.4 is 10.9 Å². The van der Waals surface area contributed by atoms with E-state index in [2.05, 4.69) is 5.32 Å². The van der Waals surface area contributed by atoms with Crippen molar-refractivity contribution in [1.82, 2.24) is 14.3 Å². The normalized spacial score (nSPS) is 21.3. The van der Waals surface area contributed by atoms with Crippen LogP contribution >= 0.6 is 11.8 Å². The van der Waals surface area contributed by atoms with Crippen molar-refractivity contribution in [3.05, 3.63) is 82.0 Å². The van der Waals surface area contributed by atoms with Crippen LogP contribution in [0.5, 0.6) is 0 Å². The Morgan fingerprint density at radius 2 is 1.82 bits per heavy atom. The largest absolute Gasteiger partial charge is 0.451 e. The average molecular weight is 539 g/mol. The van der Waals surface area contributed by atoms with E-state index in [1.54, 1.807) is 55.1 Å². The maximum absolute atomic E-state index is 13.5. The molecule has 0 radical (unpaired) electrons. The Kier molecular flexibility index (Phi) is 6.64. The number of nitrogens with zero attached hydrogens (tertiary/aromatic N) is 3. The Morgan fingerprint density at radius 3 is 2.50 bits per heavy atom. The smallest absolute Gasteiger partial charge is 0.330 e. The number of ether oxygens (including phenoxy) is 1. The minimum atomic E-state index is -1.21. The van der Waals surface area contributed by atoms with Gasteiger partial charge in [0.15, 0.2) is 6.10 Å². The molecule has 3 atom stereocenters. The number of aromatic nitrogens is 2. The van der Waals surface area contributed by atoms with Crippen molar-refractivity contribution in [2.45, 2.75) is 43.7 Å². The summed E-state index contributed by atoms with van der Waals surface area (Å²) in [5.41, 5.74) is 1.59. The number of hydrogen-bond acceptors (Lipinski definition) is 6. The summed E-state index contributed by atoms with van der Waals surface area (Å²) in [6.07, 6.45) is -0.469. The van der Waals surface area contributed by atoms with Gasteiger partial charge in [-0.25, -0.2) is 13.9 Å². The summed E-state index contributed by atoms with van der Waals surface area (Å²) in [7, 11) is 1.71. The molecular formula is C27H27FN4O5S. The molecule has 198 valence electrons. The number of para-hydroxylation sites is 1. The summed E-state index contributed by atoms with van der Waals surface area (Å²) >= 11 is 1.44. The molecule has 1 aromatic heterocycles. The topological polar surface area (TPSA) is 103 Å². The van der Waals surface area contributed by atoms with Crippen molar-refractivity contribution in [2.24, 2.45) is 7.05 Å². The average Bonchev–Trinajstić information content (AvgIpc) is 3.52. The summed E-state index contributed by atoms with van der Waals surface area (Å²) in [4.78, 5) is 52.8. The molecule has 0 aliphatic carbocycles. The van der Waals surface area contributed by atoms with Gasteiger partial charge in [-0.15, -0.1) is 11.8 Å². The van der Waals surface area contributed by atoms with Crippen LogP contribution in [-0.2, 0) is 31.0 Å². The van der Waals surface area contributed by atoms with Crippen LogP contribution in [-0.4, -0.2) is 49.9 Å². The Labute approximate surface area is 222 Å². The molecule has 0 unspecified atom stereocenters. The van der Waals surface area contributed by atoms with E-state index >= 15 is 0 Å². The first kappa shape index (κ1) is 25.8. The predicted molar refractivity (Wildman–Crippen MR) is 140 cm³/mol. The highest BCUT2D eigenvalue weighted by atomic mass is 32.2. The van der Waals surface area contributed by atoms with Gasteiger partial charge in [0.25, 0.3) is 11.5 Å². The first-order chi connectivity index (χ1) is 18.1. The van der Waals surface area contributed by atoms with Gasteiger partial charge in [-0.1, -0.05) is 30.3 Å². The molecule has 0 saturated carbocycles.